The van der Waals surface area contributed by atoms with Crippen molar-refractivity contribution in [2.24, 2.45) is 17.3 Å². The molecule has 2 unspecified atom stereocenters. The molecule has 1 aromatic heterocycles. The van der Waals surface area contributed by atoms with Crippen LogP contribution in [0.5, 0.6) is 0 Å². The normalized spacial score (nSPS) is 20.4. The number of methoxy groups -OCH3 is 1. The van der Waals surface area contributed by atoms with E-state index in [-0.39, 0.29) is 16.7 Å². The summed E-state index contributed by atoms with van der Waals surface area (Å²) in [5.41, 5.74) is -0.572. The third-order valence-electron chi connectivity index (χ3n) is 4.76. The van der Waals surface area contributed by atoms with Gasteiger partial charge in [-0.25, -0.2) is 4.79 Å². The van der Waals surface area contributed by atoms with Crippen LogP contribution in [0.1, 0.15) is 24.4 Å². The average molecular weight is 359 g/mol. The Labute approximate surface area is 147 Å². The van der Waals surface area contributed by atoms with E-state index < -0.39 is 40.5 Å². The molecule has 1 fully saturated rings. The summed E-state index contributed by atoms with van der Waals surface area (Å²) in [4.78, 5) is 47.3. The summed E-state index contributed by atoms with van der Waals surface area (Å²) in [5.74, 6) is -3.80. The van der Waals surface area contributed by atoms with E-state index in [4.69, 9.17) is 4.42 Å². The smallest absolute Gasteiger partial charge is 0.374 e. The van der Waals surface area contributed by atoms with Crippen LogP contribution in [0.2, 0.25) is 0 Å². The fraction of sp³-hybridized carbons (Fsp3) is 0.333. The first kappa shape index (κ1) is 17.7. The van der Waals surface area contributed by atoms with Gasteiger partial charge in [0.1, 0.15) is 5.58 Å². The quantitative estimate of drug-likeness (QED) is 0.799. The summed E-state index contributed by atoms with van der Waals surface area (Å²) in [6.07, 6.45) is 0. The lowest BCUT2D eigenvalue weighted by molar-refractivity contribution is -0.140. The van der Waals surface area contributed by atoms with E-state index in [0.29, 0.717) is 5.69 Å². The van der Waals surface area contributed by atoms with Gasteiger partial charge in [-0.3, -0.25) is 14.4 Å². The largest absolute Gasteiger partial charge is 0.481 e. The second-order valence-corrected chi connectivity index (χ2v) is 6.78. The predicted octanol–water partition coefficient (Wildman–Crippen LogP) is 1.87. The van der Waals surface area contributed by atoms with Crippen molar-refractivity contribution in [1.29, 1.82) is 0 Å². The van der Waals surface area contributed by atoms with Gasteiger partial charge in [0.2, 0.25) is 11.7 Å². The fourth-order valence-electron chi connectivity index (χ4n) is 3.24. The summed E-state index contributed by atoms with van der Waals surface area (Å²) in [5, 5.41) is 12.0. The minimum atomic E-state index is -1.01. The third-order valence-corrected chi connectivity index (χ3v) is 4.76. The van der Waals surface area contributed by atoms with Gasteiger partial charge in [0.25, 0.3) is 0 Å². The summed E-state index contributed by atoms with van der Waals surface area (Å²) in [7, 11) is 1.18. The number of carbonyl (C=O) groups excluding carboxylic acids is 2. The van der Waals surface area contributed by atoms with Crippen LogP contribution >= 0.6 is 0 Å². The molecule has 0 aliphatic heterocycles. The Morgan fingerprint density at radius 3 is 2.46 bits per heavy atom. The number of carboxylic acid groups (broad SMARTS) is 1. The first-order valence-electron chi connectivity index (χ1n) is 7.86. The molecule has 2 N–H and O–H groups in total. The number of hydrogen-bond acceptors (Lipinski definition) is 6. The first-order valence-corrected chi connectivity index (χ1v) is 7.86. The molecule has 26 heavy (non-hydrogen) atoms. The van der Waals surface area contributed by atoms with Gasteiger partial charge >= 0.3 is 11.9 Å². The van der Waals surface area contributed by atoms with Crippen molar-refractivity contribution in [2.45, 2.75) is 13.8 Å². The van der Waals surface area contributed by atoms with Gasteiger partial charge in [-0.15, -0.1) is 0 Å². The molecule has 0 bridgehead atoms. The van der Waals surface area contributed by atoms with Crippen molar-refractivity contribution < 1.29 is 28.6 Å². The molecule has 0 spiro atoms. The number of carbonyl (C=O) groups is 3. The lowest BCUT2D eigenvalue weighted by Crippen LogP contribution is -2.18. The van der Waals surface area contributed by atoms with Gasteiger partial charge in [-0.2, -0.15) is 0 Å². The molecule has 0 radical (unpaired) electrons. The van der Waals surface area contributed by atoms with Crippen LogP contribution < -0.4 is 10.7 Å². The molecule has 2 aromatic rings. The molecule has 1 aliphatic carbocycles. The third kappa shape index (κ3) is 2.83. The van der Waals surface area contributed by atoms with E-state index in [1.165, 1.54) is 25.3 Å². The highest BCUT2D eigenvalue weighted by Gasteiger charge is 2.65. The standard InChI is InChI=1S/C18H17NO7/c1-18(2)13(14(18)16(22)23)15(21)19-8-4-5-11-9(6-8)10(20)7-12(26-11)17(24)25-3/h4-7,13-14H,1-3H3,(H,19,21)(H,22,23). The topological polar surface area (TPSA) is 123 Å². The molecule has 1 aromatic carbocycles. The van der Waals surface area contributed by atoms with E-state index in [9.17, 15) is 24.3 Å². The zero-order valence-corrected chi connectivity index (χ0v) is 14.4. The van der Waals surface area contributed by atoms with Gasteiger partial charge < -0.3 is 19.6 Å². The number of amides is 1. The van der Waals surface area contributed by atoms with E-state index in [2.05, 4.69) is 10.1 Å². The van der Waals surface area contributed by atoms with E-state index >= 15 is 0 Å². The first-order chi connectivity index (χ1) is 12.2. The maximum Gasteiger partial charge on any atom is 0.374 e. The Hall–Kier alpha value is -3.16. The van der Waals surface area contributed by atoms with Gasteiger partial charge in [0, 0.05) is 11.8 Å². The Balaban J connectivity index is 1.87. The number of carboxylic acids is 1. The molecule has 136 valence electrons. The van der Waals surface area contributed by atoms with Crippen LogP contribution in [-0.4, -0.2) is 30.1 Å². The van der Waals surface area contributed by atoms with E-state index in [0.717, 1.165) is 6.07 Å². The van der Waals surface area contributed by atoms with Gasteiger partial charge in [-0.1, -0.05) is 13.8 Å². The highest BCUT2D eigenvalue weighted by Crippen LogP contribution is 2.58. The molecule has 0 saturated heterocycles. The molecule has 3 rings (SSSR count). The number of nitrogens with one attached hydrogen (secondary N) is 1. The number of rotatable bonds is 4. The molecule has 8 nitrogen and oxygen atoms in total. The molecule has 1 amide bonds. The summed E-state index contributed by atoms with van der Waals surface area (Å²) in [6, 6.07) is 5.40. The van der Waals surface area contributed by atoms with Crippen molar-refractivity contribution in [3.05, 3.63) is 40.2 Å². The maximum absolute atomic E-state index is 12.4. The zero-order chi connectivity index (χ0) is 19.2. The lowest BCUT2D eigenvalue weighted by Gasteiger charge is -2.07. The number of esters is 1. The van der Waals surface area contributed by atoms with Crippen molar-refractivity contribution in [3.63, 3.8) is 0 Å². The number of hydrogen-bond donors (Lipinski definition) is 2. The Bertz CT molecular complexity index is 989. The second-order valence-electron chi connectivity index (χ2n) is 6.78. The number of anilines is 1. The van der Waals surface area contributed by atoms with Crippen molar-refractivity contribution in [2.75, 3.05) is 12.4 Å². The van der Waals surface area contributed by atoms with Crippen molar-refractivity contribution in [3.8, 4) is 0 Å². The molecule has 2 atom stereocenters. The number of ether oxygens (including phenoxy) is 1. The Kier molecular flexibility index (Phi) is 4.06. The lowest BCUT2D eigenvalue weighted by atomic mass is 10.1. The van der Waals surface area contributed by atoms with Crippen LogP contribution in [0.15, 0.2) is 33.5 Å². The van der Waals surface area contributed by atoms with Crippen molar-refractivity contribution >= 4 is 34.5 Å². The van der Waals surface area contributed by atoms with Crippen LogP contribution in [0.4, 0.5) is 5.69 Å². The molecule has 1 saturated carbocycles. The predicted molar refractivity (Wildman–Crippen MR) is 90.9 cm³/mol. The Morgan fingerprint density at radius 2 is 1.88 bits per heavy atom. The molecular formula is C18H17NO7. The highest BCUT2D eigenvalue weighted by atomic mass is 16.5. The summed E-state index contributed by atoms with van der Waals surface area (Å²) >= 11 is 0. The number of benzene rings is 1. The molecule has 8 heteroatoms. The summed E-state index contributed by atoms with van der Waals surface area (Å²) < 4.78 is 9.85. The van der Waals surface area contributed by atoms with Gasteiger partial charge in [0.05, 0.1) is 24.3 Å². The Morgan fingerprint density at radius 1 is 1.19 bits per heavy atom. The van der Waals surface area contributed by atoms with Gasteiger partial charge in [-0.05, 0) is 23.6 Å². The van der Waals surface area contributed by atoms with Crippen LogP contribution in [-0.2, 0) is 14.3 Å². The van der Waals surface area contributed by atoms with Crippen LogP contribution in [0.3, 0.4) is 0 Å². The van der Waals surface area contributed by atoms with E-state index in [1.54, 1.807) is 13.8 Å². The number of aliphatic carboxylic acids is 1. The highest BCUT2D eigenvalue weighted by molar-refractivity contribution is 6.00. The second kappa shape index (κ2) is 5.98. The molecule has 1 heterocycles. The average Bonchev–Trinajstić information content (AvgIpc) is 3.17. The SMILES string of the molecule is COC(=O)c1cc(=O)c2cc(NC(=O)C3C(C(=O)O)C3(C)C)ccc2o1. The van der Waals surface area contributed by atoms with Gasteiger partial charge in [0.15, 0.2) is 5.43 Å². The maximum atomic E-state index is 12.4. The number of fused-ring (bicyclic) bond motifs is 1. The van der Waals surface area contributed by atoms with Crippen LogP contribution in [0, 0.1) is 17.3 Å². The van der Waals surface area contributed by atoms with Crippen LogP contribution in [0.25, 0.3) is 11.0 Å². The van der Waals surface area contributed by atoms with E-state index in [1.807, 2.05) is 0 Å². The minimum absolute atomic E-state index is 0.172. The van der Waals surface area contributed by atoms with Crippen molar-refractivity contribution in [1.82, 2.24) is 0 Å². The molecular weight excluding hydrogens is 342 g/mol. The fourth-order valence-corrected chi connectivity index (χ4v) is 3.24. The minimum Gasteiger partial charge on any atom is -0.481 e. The monoisotopic (exact) mass is 359 g/mol. The molecule has 1 aliphatic rings. The zero-order valence-electron chi connectivity index (χ0n) is 14.4. The summed E-state index contributed by atoms with van der Waals surface area (Å²) in [6.45, 7) is 3.44.